The summed E-state index contributed by atoms with van der Waals surface area (Å²) in [5, 5.41) is 1.80. The summed E-state index contributed by atoms with van der Waals surface area (Å²) in [6.07, 6.45) is -0.597. The summed E-state index contributed by atoms with van der Waals surface area (Å²) in [6.45, 7) is 1.41. The predicted octanol–water partition coefficient (Wildman–Crippen LogP) is 2.32. The number of hydrazine groups is 1. The first-order valence-corrected chi connectivity index (χ1v) is 11.4. The fraction of sp³-hybridized carbons (Fsp3) is 0.250. The standard InChI is InChI=1S/C24H21ClN4O7/c1-34-18-5-2-13(10-19(18)36-24(33)28-6-8-35-9-7-28)23(32)29-12-16-20(22(31)27-29)26-17-11-14(25)3-4-15(17)21(16)30/h2-5,10-11H,6-9,12H2,1H3,(H,26,30)(H,27,31). The lowest BCUT2D eigenvalue weighted by Gasteiger charge is -2.29. The number of aromatic amines is 1. The van der Waals surface area contributed by atoms with E-state index in [-0.39, 0.29) is 40.3 Å². The summed E-state index contributed by atoms with van der Waals surface area (Å²) in [5.41, 5.74) is 2.87. The van der Waals surface area contributed by atoms with Crippen LogP contribution in [0.2, 0.25) is 5.02 Å². The van der Waals surface area contributed by atoms with E-state index in [1.54, 1.807) is 18.2 Å². The van der Waals surface area contributed by atoms with Gasteiger partial charge in [-0.05, 0) is 36.4 Å². The second-order valence-electron chi connectivity index (χ2n) is 8.16. The van der Waals surface area contributed by atoms with Gasteiger partial charge in [0.25, 0.3) is 11.8 Å². The number of ether oxygens (including phenoxy) is 3. The van der Waals surface area contributed by atoms with Crippen molar-refractivity contribution in [3.63, 3.8) is 0 Å². The topological polar surface area (TPSA) is 130 Å². The van der Waals surface area contributed by atoms with Crippen molar-refractivity contribution in [3.8, 4) is 11.5 Å². The summed E-state index contributed by atoms with van der Waals surface area (Å²) in [4.78, 5) is 56.1. The predicted molar refractivity (Wildman–Crippen MR) is 128 cm³/mol. The minimum Gasteiger partial charge on any atom is -0.493 e. The van der Waals surface area contributed by atoms with Crippen molar-refractivity contribution in [2.75, 3.05) is 33.4 Å². The summed E-state index contributed by atoms with van der Waals surface area (Å²) < 4.78 is 16.0. The maximum atomic E-state index is 13.3. The monoisotopic (exact) mass is 512 g/mol. The Kier molecular flexibility index (Phi) is 6.25. The van der Waals surface area contributed by atoms with Crippen molar-refractivity contribution in [3.05, 3.63) is 68.5 Å². The number of hydrogen-bond donors (Lipinski definition) is 2. The number of hydrogen-bond acceptors (Lipinski definition) is 7. The molecule has 3 aromatic rings. The maximum absolute atomic E-state index is 13.3. The lowest BCUT2D eigenvalue weighted by atomic mass is 10.1. The average molecular weight is 513 g/mol. The van der Waals surface area contributed by atoms with Gasteiger partial charge in [0, 0.05) is 29.1 Å². The molecule has 11 nitrogen and oxygen atoms in total. The number of aromatic nitrogens is 1. The van der Waals surface area contributed by atoms with Gasteiger partial charge in [-0.3, -0.25) is 19.8 Å². The van der Waals surface area contributed by atoms with Gasteiger partial charge in [0.1, 0.15) is 5.69 Å². The summed E-state index contributed by atoms with van der Waals surface area (Å²) in [7, 11) is 1.41. The molecule has 1 fully saturated rings. The molecule has 0 saturated carbocycles. The number of pyridine rings is 1. The van der Waals surface area contributed by atoms with Crippen molar-refractivity contribution in [1.82, 2.24) is 20.3 Å². The molecular weight excluding hydrogens is 492 g/mol. The van der Waals surface area contributed by atoms with Gasteiger partial charge in [-0.15, -0.1) is 0 Å². The Balaban J connectivity index is 1.42. The number of H-pyrrole nitrogens is 1. The Morgan fingerprint density at radius 3 is 2.58 bits per heavy atom. The average Bonchev–Trinajstić information content (AvgIpc) is 2.89. The molecule has 0 aliphatic carbocycles. The highest BCUT2D eigenvalue weighted by molar-refractivity contribution is 6.31. The molecule has 12 heteroatoms. The number of carbonyl (C=O) groups excluding carboxylic acids is 3. The quantitative estimate of drug-likeness (QED) is 0.550. The summed E-state index contributed by atoms with van der Waals surface area (Å²) >= 11 is 6.01. The number of methoxy groups -OCH3 is 1. The van der Waals surface area contributed by atoms with Crippen molar-refractivity contribution < 1.29 is 28.6 Å². The van der Waals surface area contributed by atoms with Crippen molar-refractivity contribution in [2.45, 2.75) is 6.54 Å². The Morgan fingerprint density at radius 1 is 1.06 bits per heavy atom. The Hall–Kier alpha value is -4.09. The molecule has 1 aromatic heterocycles. The fourth-order valence-electron chi connectivity index (χ4n) is 4.10. The van der Waals surface area contributed by atoms with Crippen LogP contribution >= 0.6 is 11.6 Å². The van der Waals surface area contributed by atoms with Crippen molar-refractivity contribution in [2.24, 2.45) is 0 Å². The molecule has 0 unspecified atom stereocenters. The lowest BCUT2D eigenvalue weighted by molar-refractivity contribution is 0.0413. The zero-order valence-corrected chi connectivity index (χ0v) is 19.9. The first kappa shape index (κ1) is 23.6. The molecule has 0 radical (unpaired) electrons. The van der Waals surface area contributed by atoms with E-state index in [4.69, 9.17) is 25.8 Å². The molecule has 2 aromatic carbocycles. The van der Waals surface area contributed by atoms with Crippen LogP contribution in [0.25, 0.3) is 10.9 Å². The van der Waals surface area contributed by atoms with Gasteiger partial charge in [0.15, 0.2) is 16.9 Å². The van der Waals surface area contributed by atoms with Crippen LogP contribution in [-0.2, 0) is 11.3 Å². The SMILES string of the molecule is COc1ccc(C(=O)N2Cc3c([nH]c4cc(Cl)ccc4c3=O)C(=O)N2)cc1OC(=O)N1CCOCC1. The molecule has 186 valence electrons. The molecule has 3 heterocycles. The molecule has 2 aliphatic heterocycles. The summed E-state index contributed by atoms with van der Waals surface area (Å²) in [5.74, 6) is -0.945. The van der Waals surface area contributed by atoms with E-state index < -0.39 is 17.9 Å². The van der Waals surface area contributed by atoms with Gasteiger partial charge in [-0.25, -0.2) is 9.80 Å². The van der Waals surface area contributed by atoms with Crippen LogP contribution in [0.3, 0.4) is 0 Å². The Bertz CT molecular complexity index is 1450. The first-order valence-electron chi connectivity index (χ1n) is 11.1. The second-order valence-corrected chi connectivity index (χ2v) is 8.60. The fourth-order valence-corrected chi connectivity index (χ4v) is 4.27. The van der Waals surface area contributed by atoms with Crippen LogP contribution in [-0.4, -0.2) is 66.2 Å². The molecule has 36 heavy (non-hydrogen) atoms. The minimum absolute atomic E-state index is 0.0456. The van der Waals surface area contributed by atoms with Gasteiger partial charge in [0.05, 0.1) is 37.9 Å². The third kappa shape index (κ3) is 4.34. The van der Waals surface area contributed by atoms with Gasteiger partial charge >= 0.3 is 6.09 Å². The highest BCUT2D eigenvalue weighted by atomic mass is 35.5. The third-order valence-electron chi connectivity index (χ3n) is 5.96. The molecule has 3 amide bonds. The van der Waals surface area contributed by atoms with Crippen LogP contribution < -0.4 is 20.3 Å². The van der Waals surface area contributed by atoms with E-state index in [2.05, 4.69) is 10.4 Å². The van der Waals surface area contributed by atoms with Gasteiger partial charge < -0.3 is 24.1 Å². The van der Waals surface area contributed by atoms with E-state index >= 15 is 0 Å². The number of halogens is 1. The van der Waals surface area contributed by atoms with E-state index in [9.17, 15) is 19.2 Å². The molecule has 5 rings (SSSR count). The number of amides is 3. The molecule has 0 bridgehead atoms. The van der Waals surface area contributed by atoms with Crippen LogP contribution in [0, 0.1) is 0 Å². The van der Waals surface area contributed by atoms with E-state index in [1.165, 1.54) is 30.2 Å². The Morgan fingerprint density at radius 2 is 1.83 bits per heavy atom. The van der Waals surface area contributed by atoms with E-state index in [0.717, 1.165) is 5.01 Å². The summed E-state index contributed by atoms with van der Waals surface area (Å²) in [6, 6.07) is 9.01. The zero-order valence-electron chi connectivity index (χ0n) is 19.1. The number of benzene rings is 2. The van der Waals surface area contributed by atoms with Crippen LogP contribution in [0.15, 0.2) is 41.2 Å². The highest BCUT2D eigenvalue weighted by Gasteiger charge is 2.31. The van der Waals surface area contributed by atoms with Crippen LogP contribution in [0.1, 0.15) is 26.4 Å². The smallest absolute Gasteiger partial charge is 0.415 e. The number of rotatable bonds is 3. The molecule has 2 aliphatic rings. The van der Waals surface area contributed by atoms with Crippen molar-refractivity contribution in [1.29, 1.82) is 0 Å². The normalized spacial score (nSPS) is 15.3. The minimum atomic E-state index is -0.643. The number of nitrogens with one attached hydrogen (secondary N) is 2. The Labute approximate surface area is 209 Å². The third-order valence-corrected chi connectivity index (χ3v) is 6.20. The molecule has 1 saturated heterocycles. The van der Waals surface area contributed by atoms with Crippen LogP contribution in [0.5, 0.6) is 11.5 Å². The van der Waals surface area contributed by atoms with E-state index in [0.29, 0.717) is 42.2 Å². The number of fused-ring (bicyclic) bond motifs is 2. The number of carbonyl (C=O) groups is 3. The second kappa shape index (κ2) is 9.51. The van der Waals surface area contributed by atoms with Crippen molar-refractivity contribution >= 4 is 40.4 Å². The lowest BCUT2D eigenvalue weighted by Crippen LogP contribution is -2.51. The molecule has 0 spiro atoms. The van der Waals surface area contributed by atoms with Gasteiger partial charge in [-0.2, -0.15) is 0 Å². The number of morpholine rings is 1. The zero-order chi connectivity index (χ0) is 25.4. The number of nitrogens with zero attached hydrogens (tertiary/aromatic N) is 2. The highest BCUT2D eigenvalue weighted by Crippen LogP contribution is 2.30. The molecule has 2 N–H and O–H groups in total. The van der Waals surface area contributed by atoms with Crippen LogP contribution in [0.4, 0.5) is 4.79 Å². The maximum Gasteiger partial charge on any atom is 0.415 e. The molecular formula is C24H21ClN4O7. The first-order chi connectivity index (χ1) is 17.4. The molecule has 0 atom stereocenters. The van der Waals surface area contributed by atoms with Gasteiger partial charge in [0.2, 0.25) is 0 Å². The largest absolute Gasteiger partial charge is 0.493 e. The van der Waals surface area contributed by atoms with E-state index in [1.807, 2.05) is 0 Å². The van der Waals surface area contributed by atoms with Gasteiger partial charge in [-0.1, -0.05) is 11.6 Å².